The molecule has 154 valence electrons. The number of rotatable bonds is 6. The normalized spacial score (nSPS) is 38.7. The fourth-order valence-electron chi connectivity index (χ4n) is 2.75. The molecule has 11 heteroatoms. The molecular weight excluding hydrogens is 368 g/mol. The molecule has 0 radical (unpaired) electrons. The summed E-state index contributed by atoms with van der Waals surface area (Å²) in [4.78, 5) is 22.4. The monoisotopic (exact) mass is 392 g/mol. The molecule has 0 unspecified atom stereocenters. The zero-order valence-electron chi connectivity index (χ0n) is 14.8. The van der Waals surface area contributed by atoms with Gasteiger partial charge in [-0.05, 0) is 6.08 Å². The van der Waals surface area contributed by atoms with Gasteiger partial charge in [0.1, 0.15) is 37.1 Å². The Morgan fingerprint density at radius 2 is 1.74 bits per heavy atom. The van der Waals surface area contributed by atoms with E-state index >= 15 is 0 Å². The van der Waals surface area contributed by atoms with E-state index in [9.17, 15) is 30.0 Å². The van der Waals surface area contributed by atoms with Crippen LogP contribution in [-0.2, 0) is 33.3 Å². The zero-order chi connectivity index (χ0) is 20.1. The number of esters is 2. The van der Waals surface area contributed by atoms with Crippen molar-refractivity contribution in [1.82, 2.24) is 0 Å². The van der Waals surface area contributed by atoms with E-state index in [1.165, 1.54) is 26.2 Å². The molecule has 0 amide bonds. The van der Waals surface area contributed by atoms with Crippen LogP contribution >= 0.6 is 0 Å². The molecule has 0 aromatic carbocycles. The van der Waals surface area contributed by atoms with Crippen molar-refractivity contribution in [2.24, 2.45) is 0 Å². The van der Waals surface area contributed by atoms with Gasteiger partial charge in [0.2, 0.25) is 0 Å². The van der Waals surface area contributed by atoms with Crippen LogP contribution in [0.25, 0.3) is 0 Å². The highest BCUT2D eigenvalue weighted by Gasteiger charge is 2.47. The van der Waals surface area contributed by atoms with Crippen molar-refractivity contribution in [2.75, 3.05) is 13.2 Å². The summed E-state index contributed by atoms with van der Waals surface area (Å²) in [6, 6.07) is 0. The number of ether oxygens (including phenoxy) is 5. The smallest absolute Gasteiger partial charge is 0.303 e. The summed E-state index contributed by atoms with van der Waals surface area (Å²) in [5.74, 6) is -1.18. The Bertz CT molecular complexity index is 548. The van der Waals surface area contributed by atoms with Gasteiger partial charge in [-0.1, -0.05) is 0 Å². The summed E-state index contributed by atoms with van der Waals surface area (Å²) in [5, 5.41) is 39.1. The van der Waals surface area contributed by atoms with Gasteiger partial charge in [0.05, 0.1) is 12.9 Å². The number of aliphatic hydroxyl groups is 4. The lowest BCUT2D eigenvalue weighted by atomic mass is 9.99. The highest BCUT2D eigenvalue weighted by molar-refractivity contribution is 5.66. The Hall–Kier alpha value is -1.76. The van der Waals surface area contributed by atoms with Crippen LogP contribution in [0.5, 0.6) is 0 Å². The lowest BCUT2D eigenvalue weighted by Crippen LogP contribution is -2.61. The summed E-state index contributed by atoms with van der Waals surface area (Å²) in [7, 11) is 0. The average molecular weight is 392 g/mol. The summed E-state index contributed by atoms with van der Waals surface area (Å²) >= 11 is 0. The SMILES string of the molecule is CC(=O)OC[C@H]1OC=C[C@@H](OC(C)=O)[C@@H]1O[C@@H]1O[C@H](CO)[C@H](O)[C@H](O)[C@H]1O. The van der Waals surface area contributed by atoms with E-state index in [1.807, 2.05) is 0 Å². The molecule has 0 aliphatic carbocycles. The standard InChI is InChI=1S/C16H24O11/c1-7(18)24-6-11-15(9(3-4-23-11)25-8(2)19)27-16-14(22)13(21)12(20)10(5-17)26-16/h3-4,9-17,20-22H,5-6H2,1-2H3/t9-,10-,11-,12+,13+,14-,15+,16+/m1/s1. The largest absolute Gasteiger partial charge is 0.492 e. The van der Waals surface area contributed by atoms with Gasteiger partial charge in [-0.3, -0.25) is 9.59 Å². The number of hydrogen-bond donors (Lipinski definition) is 4. The molecule has 1 fully saturated rings. The molecule has 2 heterocycles. The highest BCUT2D eigenvalue weighted by atomic mass is 16.7. The minimum atomic E-state index is -1.65. The van der Waals surface area contributed by atoms with Gasteiger partial charge in [-0.25, -0.2) is 0 Å². The van der Waals surface area contributed by atoms with Gasteiger partial charge < -0.3 is 44.1 Å². The van der Waals surface area contributed by atoms with Crippen molar-refractivity contribution in [3.63, 3.8) is 0 Å². The molecule has 2 rings (SSSR count). The molecule has 0 bridgehead atoms. The zero-order valence-corrected chi connectivity index (χ0v) is 14.8. The molecule has 1 saturated heterocycles. The van der Waals surface area contributed by atoms with Gasteiger partial charge in [-0.15, -0.1) is 0 Å². The highest BCUT2D eigenvalue weighted by Crippen LogP contribution is 2.27. The third kappa shape index (κ3) is 5.37. The second-order valence-electron chi connectivity index (χ2n) is 6.18. The van der Waals surface area contributed by atoms with Gasteiger partial charge in [0.25, 0.3) is 0 Å². The first-order valence-electron chi connectivity index (χ1n) is 8.33. The van der Waals surface area contributed by atoms with Gasteiger partial charge in [-0.2, -0.15) is 0 Å². The number of aliphatic hydroxyl groups excluding tert-OH is 4. The van der Waals surface area contributed by atoms with Crippen LogP contribution in [0, 0.1) is 0 Å². The third-order valence-electron chi connectivity index (χ3n) is 4.10. The summed E-state index contributed by atoms with van der Waals surface area (Å²) in [6.45, 7) is 1.53. The van der Waals surface area contributed by atoms with Crippen molar-refractivity contribution in [1.29, 1.82) is 0 Å². The Morgan fingerprint density at radius 1 is 1.04 bits per heavy atom. The minimum absolute atomic E-state index is 0.237. The van der Waals surface area contributed by atoms with Crippen molar-refractivity contribution in [3.05, 3.63) is 12.3 Å². The fraction of sp³-hybridized carbons (Fsp3) is 0.750. The maximum absolute atomic E-state index is 11.4. The first-order chi connectivity index (χ1) is 12.7. The topological polar surface area (TPSA) is 161 Å². The van der Waals surface area contributed by atoms with Gasteiger partial charge >= 0.3 is 11.9 Å². The van der Waals surface area contributed by atoms with Crippen molar-refractivity contribution < 1.29 is 53.7 Å². The van der Waals surface area contributed by atoms with Crippen LogP contribution in [0.4, 0.5) is 0 Å². The molecule has 0 aromatic heterocycles. The molecule has 8 atom stereocenters. The minimum Gasteiger partial charge on any atom is -0.492 e. The Morgan fingerprint density at radius 3 is 2.33 bits per heavy atom. The van der Waals surface area contributed by atoms with Crippen LogP contribution in [0.15, 0.2) is 12.3 Å². The summed E-state index contributed by atoms with van der Waals surface area (Å²) in [5.41, 5.74) is 0. The van der Waals surface area contributed by atoms with E-state index in [4.69, 9.17) is 23.7 Å². The van der Waals surface area contributed by atoms with Crippen molar-refractivity contribution >= 4 is 11.9 Å². The van der Waals surface area contributed by atoms with E-state index in [1.54, 1.807) is 0 Å². The second-order valence-corrected chi connectivity index (χ2v) is 6.18. The molecular formula is C16H24O11. The molecule has 27 heavy (non-hydrogen) atoms. The van der Waals surface area contributed by atoms with Gasteiger partial charge in [0.15, 0.2) is 18.5 Å². The predicted octanol–water partition coefficient (Wildman–Crippen LogP) is -2.42. The lowest BCUT2D eigenvalue weighted by molar-refractivity contribution is -0.324. The van der Waals surface area contributed by atoms with Crippen LogP contribution in [-0.4, -0.2) is 94.6 Å². The van der Waals surface area contributed by atoms with E-state index in [-0.39, 0.29) is 6.61 Å². The molecule has 4 N–H and O–H groups in total. The van der Waals surface area contributed by atoms with E-state index in [0.717, 1.165) is 0 Å². The van der Waals surface area contributed by atoms with E-state index < -0.39 is 67.6 Å². The first kappa shape index (κ1) is 21.5. The van der Waals surface area contributed by atoms with Crippen molar-refractivity contribution in [3.8, 4) is 0 Å². The average Bonchev–Trinajstić information content (AvgIpc) is 2.61. The quantitative estimate of drug-likeness (QED) is 0.356. The second kappa shape index (κ2) is 9.44. The number of hydrogen-bond acceptors (Lipinski definition) is 11. The maximum atomic E-state index is 11.4. The summed E-state index contributed by atoms with van der Waals surface area (Å²) in [6.07, 6.45) is -7.77. The lowest BCUT2D eigenvalue weighted by Gasteiger charge is -2.43. The van der Waals surface area contributed by atoms with Crippen LogP contribution < -0.4 is 0 Å². The number of carbonyl (C=O) groups is 2. The Kier molecular flexibility index (Phi) is 7.53. The van der Waals surface area contributed by atoms with Crippen molar-refractivity contribution in [2.45, 2.75) is 62.9 Å². The molecule has 0 spiro atoms. The fourth-order valence-corrected chi connectivity index (χ4v) is 2.75. The molecule has 2 aliphatic heterocycles. The predicted molar refractivity (Wildman–Crippen MR) is 84.8 cm³/mol. The molecule has 11 nitrogen and oxygen atoms in total. The maximum Gasteiger partial charge on any atom is 0.303 e. The summed E-state index contributed by atoms with van der Waals surface area (Å²) < 4.78 is 26.4. The molecule has 0 saturated carbocycles. The van der Waals surface area contributed by atoms with E-state index in [2.05, 4.69) is 0 Å². The van der Waals surface area contributed by atoms with Crippen LogP contribution in [0.2, 0.25) is 0 Å². The van der Waals surface area contributed by atoms with Gasteiger partial charge in [0, 0.05) is 13.8 Å². The molecule has 0 aromatic rings. The first-order valence-corrected chi connectivity index (χ1v) is 8.33. The van der Waals surface area contributed by atoms with E-state index in [0.29, 0.717) is 0 Å². The number of carbonyl (C=O) groups excluding carboxylic acids is 2. The van der Waals surface area contributed by atoms with Crippen LogP contribution in [0.1, 0.15) is 13.8 Å². The Balaban J connectivity index is 2.18. The Labute approximate surface area is 155 Å². The molecule has 2 aliphatic rings. The third-order valence-corrected chi connectivity index (χ3v) is 4.10. The van der Waals surface area contributed by atoms with Crippen LogP contribution in [0.3, 0.4) is 0 Å².